The first-order valence-electron chi connectivity index (χ1n) is 9.74. The highest BCUT2D eigenvalue weighted by Crippen LogP contribution is 2.34. The van der Waals surface area contributed by atoms with Gasteiger partial charge in [-0.3, -0.25) is 14.9 Å². The molecule has 30 heavy (non-hydrogen) atoms. The fourth-order valence-electron chi connectivity index (χ4n) is 3.86. The van der Waals surface area contributed by atoms with E-state index in [1.807, 2.05) is 4.90 Å². The number of rotatable bonds is 6. The molecule has 2 atom stereocenters. The van der Waals surface area contributed by atoms with Crippen molar-refractivity contribution in [1.29, 1.82) is 0 Å². The average molecular weight is 414 g/mol. The summed E-state index contributed by atoms with van der Waals surface area (Å²) in [6.07, 6.45) is 1.07. The molecular weight excluding hydrogens is 391 g/mol. The number of ether oxygens (including phenoxy) is 1. The lowest BCUT2D eigenvalue weighted by Gasteiger charge is -2.36. The predicted molar refractivity (Wildman–Crippen MR) is 109 cm³/mol. The highest BCUT2D eigenvalue weighted by Gasteiger charge is 2.28. The smallest absolute Gasteiger partial charge is 0.338 e. The molecule has 0 saturated carbocycles. The summed E-state index contributed by atoms with van der Waals surface area (Å²) in [7, 11) is 0. The van der Waals surface area contributed by atoms with E-state index in [1.54, 1.807) is 6.07 Å². The van der Waals surface area contributed by atoms with Crippen LogP contribution in [0.25, 0.3) is 0 Å². The summed E-state index contributed by atoms with van der Waals surface area (Å²) in [6, 6.07) is 9.08. The number of Topliss-reactive ketones (excluding diaryl/α,β-unsaturated/α-hetero) is 1. The van der Waals surface area contributed by atoms with Gasteiger partial charge in [-0.15, -0.1) is 0 Å². The van der Waals surface area contributed by atoms with Crippen molar-refractivity contribution in [2.75, 3.05) is 24.6 Å². The zero-order valence-electron chi connectivity index (χ0n) is 16.8. The van der Waals surface area contributed by atoms with Crippen molar-refractivity contribution in [1.82, 2.24) is 0 Å². The van der Waals surface area contributed by atoms with Crippen molar-refractivity contribution in [2.45, 2.75) is 20.3 Å². The third-order valence-corrected chi connectivity index (χ3v) is 5.12. The third kappa shape index (κ3) is 5.00. The predicted octanol–water partition coefficient (Wildman–Crippen LogP) is 4.26. The van der Waals surface area contributed by atoms with Gasteiger partial charge in [0.25, 0.3) is 5.69 Å². The molecule has 1 fully saturated rings. The number of nitro benzene ring substituents is 1. The molecule has 2 unspecified atom stereocenters. The third-order valence-electron chi connectivity index (χ3n) is 5.12. The number of carbonyl (C=O) groups is 2. The number of esters is 1. The number of halogens is 1. The second-order valence-corrected chi connectivity index (χ2v) is 7.82. The monoisotopic (exact) mass is 414 g/mol. The largest absolute Gasteiger partial charge is 0.454 e. The molecule has 158 valence electrons. The molecule has 7 nitrogen and oxygen atoms in total. The van der Waals surface area contributed by atoms with Crippen molar-refractivity contribution in [3.63, 3.8) is 0 Å². The van der Waals surface area contributed by atoms with Gasteiger partial charge in [0.2, 0.25) is 0 Å². The molecule has 0 radical (unpaired) electrons. The van der Waals surface area contributed by atoms with Crippen LogP contribution in [0.1, 0.15) is 41.0 Å². The molecule has 3 rings (SSSR count). The van der Waals surface area contributed by atoms with E-state index in [0.29, 0.717) is 30.6 Å². The van der Waals surface area contributed by atoms with Gasteiger partial charge in [0.05, 0.1) is 10.5 Å². The van der Waals surface area contributed by atoms with Crippen LogP contribution in [-0.4, -0.2) is 36.4 Å². The van der Waals surface area contributed by atoms with E-state index in [4.69, 9.17) is 4.74 Å². The Hall–Kier alpha value is -3.29. The first-order chi connectivity index (χ1) is 14.2. The minimum atomic E-state index is -0.833. The maximum absolute atomic E-state index is 12.9. The van der Waals surface area contributed by atoms with E-state index in [1.165, 1.54) is 24.3 Å². The van der Waals surface area contributed by atoms with Gasteiger partial charge in [-0.05, 0) is 54.7 Å². The summed E-state index contributed by atoms with van der Waals surface area (Å²) in [6.45, 7) is 5.10. The number of nitro groups is 1. The van der Waals surface area contributed by atoms with Crippen LogP contribution in [0.4, 0.5) is 15.8 Å². The molecule has 1 heterocycles. The lowest BCUT2D eigenvalue weighted by molar-refractivity contribution is -0.384. The highest BCUT2D eigenvalue weighted by atomic mass is 19.1. The van der Waals surface area contributed by atoms with Gasteiger partial charge in [-0.2, -0.15) is 0 Å². The van der Waals surface area contributed by atoms with Crippen LogP contribution in [0.15, 0.2) is 42.5 Å². The molecule has 1 saturated heterocycles. The van der Waals surface area contributed by atoms with E-state index in [2.05, 4.69) is 13.8 Å². The number of carbonyl (C=O) groups excluding carboxylic acids is 2. The lowest BCUT2D eigenvalue weighted by atomic mass is 9.91. The summed E-state index contributed by atoms with van der Waals surface area (Å²) >= 11 is 0. The Morgan fingerprint density at radius 2 is 1.70 bits per heavy atom. The van der Waals surface area contributed by atoms with E-state index >= 15 is 0 Å². The van der Waals surface area contributed by atoms with Gasteiger partial charge in [0, 0.05) is 24.7 Å². The molecule has 1 aliphatic heterocycles. The molecule has 2 aromatic rings. The maximum Gasteiger partial charge on any atom is 0.338 e. The van der Waals surface area contributed by atoms with Gasteiger partial charge >= 0.3 is 5.97 Å². The SMILES string of the molecule is CC1CC(C)CN(c2ccc(C(=O)OCC(=O)c3ccc(F)cc3)cc2[N+](=O)[O-])C1. The molecule has 0 N–H and O–H groups in total. The number of piperidine rings is 1. The number of anilines is 1. The van der Waals surface area contributed by atoms with Gasteiger partial charge in [-0.1, -0.05) is 13.8 Å². The van der Waals surface area contributed by atoms with E-state index < -0.39 is 29.1 Å². The number of benzene rings is 2. The second kappa shape index (κ2) is 9.02. The van der Waals surface area contributed by atoms with Crippen molar-refractivity contribution < 1.29 is 23.6 Å². The Balaban J connectivity index is 1.73. The lowest BCUT2D eigenvalue weighted by Crippen LogP contribution is -2.39. The Morgan fingerprint density at radius 3 is 2.30 bits per heavy atom. The van der Waals surface area contributed by atoms with Crippen LogP contribution < -0.4 is 4.90 Å². The second-order valence-electron chi connectivity index (χ2n) is 7.82. The summed E-state index contributed by atoms with van der Waals surface area (Å²) in [4.78, 5) is 37.5. The zero-order chi connectivity index (χ0) is 21.8. The van der Waals surface area contributed by atoms with E-state index in [0.717, 1.165) is 18.6 Å². The number of hydrogen-bond donors (Lipinski definition) is 0. The normalized spacial score (nSPS) is 18.7. The van der Waals surface area contributed by atoms with Crippen LogP contribution in [0.5, 0.6) is 0 Å². The van der Waals surface area contributed by atoms with E-state index in [-0.39, 0.29) is 16.8 Å². The molecule has 2 aromatic carbocycles. The molecule has 8 heteroatoms. The fourth-order valence-corrected chi connectivity index (χ4v) is 3.86. The number of ketones is 1. The average Bonchev–Trinajstić information content (AvgIpc) is 2.71. The minimum Gasteiger partial charge on any atom is -0.454 e. The summed E-state index contributed by atoms with van der Waals surface area (Å²) in [5.41, 5.74) is 0.502. The Kier molecular flexibility index (Phi) is 6.44. The Morgan fingerprint density at radius 1 is 1.10 bits per heavy atom. The minimum absolute atomic E-state index is 0.00420. The number of hydrogen-bond acceptors (Lipinski definition) is 6. The number of nitrogens with zero attached hydrogens (tertiary/aromatic N) is 2. The van der Waals surface area contributed by atoms with Crippen molar-refractivity contribution >= 4 is 23.1 Å². The Bertz CT molecular complexity index is 951. The van der Waals surface area contributed by atoms with Crippen LogP contribution in [0, 0.1) is 27.8 Å². The van der Waals surface area contributed by atoms with Crippen molar-refractivity contribution in [3.05, 3.63) is 69.5 Å². The van der Waals surface area contributed by atoms with Gasteiger partial charge < -0.3 is 9.64 Å². The summed E-state index contributed by atoms with van der Waals surface area (Å²) < 4.78 is 18.0. The molecule has 0 bridgehead atoms. The van der Waals surface area contributed by atoms with Crippen LogP contribution >= 0.6 is 0 Å². The first-order valence-corrected chi connectivity index (χ1v) is 9.74. The molecule has 0 spiro atoms. The summed E-state index contributed by atoms with van der Waals surface area (Å²) in [5, 5.41) is 11.6. The van der Waals surface area contributed by atoms with Gasteiger partial charge in [-0.25, -0.2) is 9.18 Å². The molecule has 0 amide bonds. The topological polar surface area (TPSA) is 89.8 Å². The highest BCUT2D eigenvalue weighted by molar-refractivity contribution is 5.99. The van der Waals surface area contributed by atoms with Gasteiger partial charge in [0.1, 0.15) is 11.5 Å². The zero-order valence-corrected chi connectivity index (χ0v) is 16.8. The van der Waals surface area contributed by atoms with Crippen molar-refractivity contribution in [3.8, 4) is 0 Å². The van der Waals surface area contributed by atoms with E-state index in [9.17, 15) is 24.1 Å². The molecular formula is C22H23FN2O5. The standard InChI is InChI=1S/C22H23FN2O5/c1-14-9-15(2)12-24(11-14)19-8-5-17(10-20(19)25(28)29)22(27)30-13-21(26)16-3-6-18(23)7-4-16/h3-8,10,14-15H,9,11-13H2,1-2H3. The Labute approximate surface area is 173 Å². The molecule has 0 aromatic heterocycles. The quantitative estimate of drug-likeness (QED) is 0.304. The first kappa shape index (κ1) is 21.4. The van der Waals surface area contributed by atoms with Gasteiger partial charge in [0.15, 0.2) is 12.4 Å². The van der Waals surface area contributed by atoms with Crippen LogP contribution in [-0.2, 0) is 4.74 Å². The molecule has 1 aliphatic rings. The van der Waals surface area contributed by atoms with Crippen LogP contribution in [0.3, 0.4) is 0 Å². The molecule has 0 aliphatic carbocycles. The fraction of sp³-hybridized carbons (Fsp3) is 0.364. The van der Waals surface area contributed by atoms with Crippen LogP contribution in [0.2, 0.25) is 0 Å². The summed E-state index contributed by atoms with van der Waals surface area (Å²) in [5.74, 6) is -0.981. The van der Waals surface area contributed by atoms with Crippen molar-refractivity contribution in [2.24, 2.45) is 11.8 Å². The maximum atomic E-state index is 12.9.